The van der Waals surface area contributed by atoms with Crippen LogP contribution >= 0.6 is 0 Å². The van der Waals surface area contributed by atoms with Crippen LogP contribution in [-0.4, -0.2) is 10.7 Å². The molecule has 0 saturated carbocycles. The van der Waals surface area contributed by atoms with Crippen LogP contribution in [0.25, 0.3) is 0 Å². The van der Waals surface area contributed by atoms with Gasteiger partial charge in [-0.3, -0.25) is 0 Å². The number of hydrogen-bond donors (Lipinski definition) is 1. The topological polar surface area (TPSA) is 20.2 Å². The fourth-order valence-electron chi connectivity index (χ4n) is 1.29. The third-order valence-electron chi connectivity index (χ3n) is 2.36. The summed E-state index contributed by atoms with van der Waals surface area (Å²) in [5.74, 6) is 0.785. The first-order valence-corrected chi connectivity index (χ1v) is 5.69. The van der Waals surface area contributed by atoms with E-state index in [9.17, 15) is 5.11 Å². The van der Waals surface area contributed by atoms with Gasteiger partial charge in [0.05, 0.1) is 5.60 Å². The van der Waals surface area contributed by atoms with E-state index in [2.05, 4.69) is 26.8 Å². The van der Waals surface area contributed by atoms with Crippen LogP contribution in [0.5, 0.6) is 0 Å². The molecule has 0 heterocycles. The molecule has 1 heteroatoms. The van der Waals surface area contributed by atoms with Crippen molar-refractivity contribution in [1.29, 1.82) is 0 Å². The fraction of sp³-hybridized carbons (Fsp3) is 0.846. The molecule has 1 nitrogen and oxygen atoms in total. The van der Waals surface area contributed by atoms with E-state index in [1.807, 2.05) is 13.8 Å². The van der Waals surface area contributed by atoms with Crippen molar-refractivity contribution >= 4 is 0 Å². The summed E-state index contributed by atoms with van der Waals surface area (Å²) >= 11 is 0. The standard InChI is InChI=1S/C13H26O/c1-11(2)8-9-12(3)7-6-10-13(4,5)14/h7,11,14H,6,8-10H2,1-5H3. The average molecular weight is 198 g/mol. The monoisotopic (exact) mass is 198 g/mol. The summed E-state index contributed by atoms with van der Waals surface area (Å²) in [4.78, 5) is 0. The molecule has 0 bridgehead atoms. The molecule has 0 aliphatic heterocycles. The highest BCUT2D eigenvalue weighted by Crippen LogP contribution is 2.15. The smallest absolute Gasteiger partial charge is 0.0594 e. The maximum absolute atomic E-state index is 9.52. The molecule has 0 atom stereocenters. The van der Waals surface area contributed by atoms with Crippen molar-refractivity contribution in [3.63, 3.8) is 0 Å². The predicted octanol–water partition coefficient (Wildman–Crippen LogP) is 3.92. The molecule has 0 aromatic carbocycles. The second-order valence-corrected chi connectivity index (χ2v) is 5.33. The van der Waals surface area contributed by atoms with E-state index in [0.29, 0.717) is 0 Å². The van der Waals surface area contributed by atoms with Crippen molar-refractivity contribution in [1.82, 2.24) is 0 Å². The Morgan fingerprint density at radius 1 is 1.36 bits per heavy atom. The van der Waals surface area contributed by atoms with Crippen molar-refractivity contribution in [3.8, 4) is 0 Å². The highest BCUT2D eigenvalue weighted by molar-refractivity contribution is 4.98. The van der Waals surface area contributed by atoms with Gasteiger partial charge in [0.1, 0.15) is 0 Å². The Morgan fingerprint density at radius 3 is 2.36 bits per heavy atom. The van der Waals surface area contributed by atoms with E-state index >= 15 is 0 Å². The molecule has 0 fully saturated rings. The van der Waals surface area contributed by atoms with Gasteiger partial charge in [0.2, 0.25) is 0 Å². The van der Waals surface area contributed by atoms with Gasteiger partial charge in [-0.15, -0.1) is 0 Å². The third kappa shape index (κ3) is 9.79. The highest BCUT2D eigenvalue weighted by atomic mass is 16.3. The van der Waals surface area contributed by atoms with Crippen LogP contribution in [0.1, 0.15) is 60.3 Å². The maximum Gasteiger partial charge on any atom is 0.0594 e. The number of aliphatic hydroxyl groups is 1. The molecule has 0 aromatic rings. The van der Waals surface area contributed by atoms with Gasteiger partial charge in [0, 0.05) is 0 Å². The first-order valence-electron chi connectivity index (χ1n) is 5.69. The summed E-state index contributed by atoms with van der Waals surface area (Å²) in [6.07, 6.45) is 6.58. The van der Waals surface area contributed by atoms with Crippen LogP contribution in [0, 0.1) is 5.92 Å². The Kier molecular flexibility index (Phi) is 6.10. The van der Waals surface area contributed by atoms with Gasteiger partial charge in [0.15, 0.2) is 0 Å². The minimum absolute atomic E-state index is 0.519. The molecule has 0 aromatic heterocycles. The van der Waals surface area contributed by atoms with E-state index < -0.39 is 5.60 Å². The summed E-state index contributed by atoms with van der Waals surface area (Å²) in [5.41, 5.74) is 0.942. The third-order valence-corrected chi connectivity index (χ3v) is 2.36. The molecular weight excluding hydrogens is 172 g/mol. The number of hydrogen-bond acceptors (Lipinski definition) is 1. The first kappa shape index (κ1) is 13.7. The zero-order valence-electron chi connectivity index (χ0n) is 10.4. The molecule has 0 aliphatic rings. The maximum atomic E-state index is 9.52. The summed E-state index contributed by atoms with van der Waals surface area (Å²) in [7, 11) is 0. The van der Waals surface area contributed by atoms with E-state index in [-0.39, 0.29) is 0 Å². The summed E-state index contributed by atoms with van der Waals surface area (Å²) < 4.78 is 0. The van der Waals surface area contributed by atoms with E-state index in [0.717, 1.165) is 18.8 Å². The van der Waals surface area contributed by atoms with Gasteiger partial charge in [0.25, 0.3) is 0 Å². The van der Waals surface area contributed by atoms with E-state index in [1.165, 1.54) is 18.4 Å². The molecule has 14 heavy (non-hydrogen) atoms. The molecule has 0 saturated heterocycles. The zero-order valence-corrected chi connectivity index (χ0v) is 10.4. The summed E-state index contributed by atoms with van der Waals surface area (Å²) in [6, 6.07) is 0. The second kappa shape index (κ2) is 6.23. The van der Waals surface area contributed by atoms with Crippen LogP contribution in [0.15, 0.2) is 11.6 Å². The lowest BCUT2D eigenvalue weighted by atomic mass is 9.99. The van der Waals surface area contributed by atoms with Crippen molar-refractivity contribution < 1.29 is 5.11 Å². The molecule has 0 rings (SSSR count). The minimum Gasteiger partial charge on any atom is -0.390 e. The van der Waals surface area contributed by atoms with Gasteiger partial charge >= 0.3 is 0 Å². The second-order valence-electron chi connectivity index (χ2n) is 5.33. The molecule has 0 spiro atoms. The van der Waals surface area contributed by atoms with Gasteiger partial charge in [-0.1, -0.05) is 25.5 Å². The summed E-state index contributed by atoms with van der Waals surface area (Å²) in [5, 5.41) is 9.52. The minimum atomic E-state index is -0.519. The van der Waals surface area contributed by atoms with Crippen LogP contribution in [0.2, 0.25) is 0 Å². The van der Waals surface area contributed by atoms with Gasteiger partial charge in [-0.05, 0) is 52.4 Å². The molecule has 1 N–H and O–H groups in total. The largest absolute Gasteiger partial charge is 0.390 e. The Bertz CT molecular complexity index is 172. The quantitative estimate of drug-likeness (QED) is 0.641. The lowest BCUT2D eigenvalue weighted by Crippen LogP contribution is -2.17. The lowest BCUT2D eigenvalue weighted by Gasteiger charge is -2.15. The normalized spacial score (nSPS) is 13.8. The fourth-order valence-corrected chi connectivity index (χ4v) is 1.29. The van der Waals surface area contributed by atoms with Crippen molar-refractivity contribution in [2.75, 3.05) is 0 Å². The molecule has 0 amide bonds. The van der Waals surface area contributed by atoms with Crippen LogP contribution in [0.3, 0.4) is 0 Å². The molecule has 0 aliphatic carbocycles. The van der Waals surface area contributed by atoms with E-state index in [1.54, 1.807) is 0 Å². The first-order chi connectivity index (χ1) is 6.31. The van der Waals surface area contributed by atoms with Crippen LogP contribution in [-0.2, 0) is 0 Å². The van der Waals surface area contributed by atoms with Crippen molar-refractivity contribution in [2.24, 2.45) is 5.92 Å². The molecule has 0 unspecified atom stereocenters. The van der Waals surface area contributed by atoms with Gasteiger partial charge in [-0.25, -0.2) is 0 Å². The predicted molar refractivity (Wildman–Crippen MR) is 63.4 cm³/mol. The van der Waals surface area contributed by atoms with E-state index in [4.69, 9.17) is 0 Å². The van der Waals surface area contributed by atoms with Crippen molar-refractivity contribution in [3.05, 3.63) is 11.6 Å². The highest BCUT2D eigenvalue weighted by Gasteiger charge is 2.10. The van der Waals surface area contributed by atoms with Gasteiger partial charge < -0.3 is 5.11 Å². The van der Waals surface area contributed by atoms with Crippen LogP contribution in [0.4, 0.5) is 0 Å². The number of rotatable bonds is 6. The molecule has 0 radical (unpaired) electrons. The zero-order chi connectivity index (χ0) is 11.2. The Morgan fingerprint density at radius 2 is 1.93 bits per heavy atom. The Labute approximate surface area is 89.2 Å². The molecular formula is C13H26O. The average Bonchev–Trinajstić information content (AvgIpc) is 1.98. The number of allylic oxidation sites excluding steroid dienone is 2. The summed E-state index contributed by atoms with van der Waals surface area (Å²) in [6.45, 7) is 10.4. The Balaban J connectivity index is 3.67. The SMILES string of the molecule is CC(=CCCC(C)(C)O)CCC(C)C. The Hall–Kier alpha value is -0.300. The van der Waals surface area contributed by atoms with Gasteiger partial charge in [-0.2, -0.15) is 0 Å². The lowest BCUT2D eigenvalue weighted by molar-refractivity contribution is 0.0721. The van der Waals surface area contributed by atoms with Crippen LogP contribution < -0.4 is 0 Å². The van der Waals surface area contributed by atoms with Crippen molar-refractivity contribution in [2.45, 2.75) is 65.9 Å². The molecule has 84 valence electrons.